The van der Waals surface area contributed by atoms with E-state index in [1.54, 1.807) is 24.3 Å². The molecule has 2 aliphatic rings. The van der Waals surface area contributed by atoms with Gasteiger partial charge in [0.25, 0.3) is 0 Å². The summed E-state index contributed by atoms with van der Waals surface area (Å²) in [6, 6.07) is 17.3. The van der Waals surface area contributed by atoms with Crippen LogP contribution in [0.25, 0.3) is 22.3 Å². The van der Waals surface area contributed by atoms with Crippen molar-refractivity contribution in [2.75, 3.05) is 0 Å². The molecule has 0 aliphatic heterocycles. The van der Waals surface area contributed by atoms with Gasteiger partial charge in [-0.1, -0.05) is 48.5 Å². The van der Waals surface area contributed by atoms with Gasteiger partial charge in [-0.25, -0.2) is 17.2 Å². The Labute approximate surface area is 301 Å². The second-order valence-corrected chi connectivity index (χ2v) is 15.4. The van der Waals surface area contributed by atoms with Gasteiger partial charge in [-0.05, 0) is 132 Å². The second kappa shape index (κ2) is 14.6. The molecule has 6 rings (SSSR count). The molecule has 0 atom stereocenters. The lowest BCUT2D eigenvalue weighted by Gasteiger charge is -2.15. The first kappa shape index (κ1) is 38.1. The van der Waals surface area contributed by atoms with Gasteiger partial charge in [0, 0.05) is 11.1 Å². The summed E-state index contributed by atoms with van der Waals surface area (Å²) < 4.78 is 143. The molecule has 4 aromatic rings. The van der Waals surface area contributed by atoms with Crippen LogP contribution in [0.1, 0.15) is 83.0 Å². The molecule has 0 bridgehead atoms. The number of allylic oxidation sites excluding steroid dienone is 4. The fraction of sp³-hybridized carbons (Fsp3) is 0.300. The Morgan fingerprint density at radius 1 is 0.528 bits per heavy atom. The van der Waals surface area contributed by atoms with Crippen LogP contribution in [-0.2, 0) is 21.3 Å². The average molecular weight is 763 g/mol. The normalized spacial score (nSPS) is 15.4. The van der Waals surface area contributed by atoms with Gasteiger partial charge in [0.2, 0.25) is 0 Å². The number of alkyl halides is 6. The summed E-state index contributed by atoms with van der Waals surface area (Å²) in [5, 5.41) is 0. The smallest absolute Gasteiger partial charge is 0.405 e. The largest absolute Gasteiger partial charge is 0.573 e. The fourth-order valence-corrected chi connectivity index (χ4v) is 8.55. The second-order valence-electron chi connectivity index (χ2n) is 13.3. The molecule has 4 aromatic carbocycles. The van der Waals surface area contributed by atoms with Crippen LogP contribution < -0.4 is 9.47 Å². The van der Waals surface area contributed by atoms with E-state index < -0.39 is 45.7 Å². The Morgan fingerprint density at radius 3 is 1.17 bits per heavy atom. The van der Waals surface area contributed by atoms with Crippen LogP contribution in [0, 0.1) is 25.5 Å². The SMILES string of the molecule is Cc1ccc(C2=C(c3ccc(CS(=O)(=O)Cc4ccc(C5=C(c6ccc(C)c(OC(F)(F)F)c6)CCC5)cc4F)c(F)c3)CCC2)cc1OC(F)(F)F. The van der Waals surface area contributed by atoms with Crippen molar-refractivity contribution in [1.82, 2.24) is 0 Å². The molecule has 0 N–H and O–H groups in total. The summed E-state index contributed by atoms with van der Waals surface area (Å²) in [7, 11) is -4.07. The zero-order valence-corrected chi connectivity index (χ0v) is 29.5. The molecule has 0 aromatic heterocycles. The number of rotatable bonds is 10. The van der Waals surface area contributed by atoms with E-state index in [0.29, 0.717) is 71.9 Å². The van der Waals surface area contributed by atoms with Crippen LogP contribution in [0.15, 0.2) is 72.8 Å². The average Bonchev–Trinajstić information content (AvgIpc) is 3.75. The Hall–Kier alpha value is -4.65. The fourth-order valence-electron chi connectivity index (χ4n) is 7.04. The van der Waals surface area contributed by atoms with Crippen molar-refractivity contribution in [1.29, 1.82) is 0 Å². The van der Waals surface area contributed by atoms with Gasteiger partial charge in [-0.15, -0.1) is 26.3 Å². The van der Waals surface area contributed by atoms with Gasteiger partial charge in [0.1, 0.15) is 23.1 Å². The molecule has 2 aliphatic carbocycles. The molecule has 280 valence electrons. The van der Waals surface area contributed by atoms with E-state index >= 15 is 8.78 Å². The van der Waals surface area contributed by atoms with Gasteiger partial charge in [0.05, 0.1) is 11.5 Å². The minimum Gasteiger partial charge on any atom is -0.405 e. The Morgan fingerprint density at radius 2 is 0.849 bits per heavy atom. The molecular formula is C40H34F8O4S. The van der Waals surface area contributed by atoms with Crippen molar-refractivity contribution < 1.29 is 53.0 Å². The number of halogens is 8. The molecule has 4 nitrogen and oxygen atoms in total. The maximum absolute atomic E-state index is 15.4. The van der Waals surface area contributed by atoms with Gasteiger partial charge in [-0.3, -0.25) is 0 Å². The summed E-state index contributed by atoms with van der Waals surface area (Å²) in [6.07, 6.45) is -6.15. The van der Waals surface area contributed by atoms with Crippen LogP contribution in [0.3, 0.4) is 0 Å². The number of hydrogen-bond donors (Lipinski definition) is 0. The molecule has 0 heterocycles. The Bertz CT molecular complexity index is 2080. The van der Waals surface area contributed by atoms with E-state index in [-0.39, 0.29) is 22.6 Å². The lowest BCUT2D eigenvalue weighted by atomic mass is 9.95. The van der Waals surface area contributed by atoms with Crippen molar-refractivity contribution in [3.8, 4) is 11.5 Å². The zero-order chi connectivity index (χ0) is 38.3. The maximum atomic E-state index is 15.4. The highest BCUT2D eigenvalue weighted by Crippen LogP contribution is 2.43. The van der Waals surface area contributed by atoms with Crippen molar-refractivity contribution in [3.63, 3.8) is 0 Å². The van der Waals surface area contributed by atoms with E-state index in [1.807, 2.05) is 0 Å². The van der Waals surface area contributed by atoms with E-state index in [1.165, 1.54) is 62.4 Å². The summed E-state index contributed by atoms with van der Waals surface area (Å²) in [5.74, 6) is -3.63. The Kier molecular flexibility index (Phi) is 10.5. The van der Waals surface area contributed by atoms with Crippen molar-refractivity contribution >= 4 is 32.1 Å². The van der Waals surface area contributed by atoms with E-state index in [2.05, 4.69) is 9.47 Å². The molecule has 0 fully saturated rings. The highest BCUT2D eigenvalue weighted by atomic mass is 32.2. The summed E-state index contributed by atoms with van der Waals surface area (Å²) >= 11 is 0. The van der Waals surface area contributed by atoms with Crippen molar-refractivity contribution in [3.05, 3.63) is 129 Å². The molecule has 13 heteroatoms. The third-order valence-electron chi connectivity index (χ3n) is 9.51. The molecule has 53 heavy (non-hydrogen) atoms. The Balaban J connectivity index is 1.19. The minimum atomic E-state index is -4.86. The van der Waals surface area contributed by atoms with Gasteiger partial charge in [-0.2, -0.15) is 0 Å². The lowest BCUT2D eigenvalue weighted by molar-refractivity contribution is -0.275. The number of benzene rings is 4. The maximum Gasteiger partial charge on any atom is 0.573 e. The van der Waals surface area contributed by atoms with E-state index in [9.17, 15) is 34.8 Å². The number of aryl methyl sites for hydroxylation is 2. The first-order valence-corrected chi connectivity index (χ1v) is 18.6. The topological polar surface area (TPSA) is 52.6 Å². The zero-order valence-electron chi connectivity index (χ0n) is 28.7. The van der Waals surface area contributed by atoms with E-state index in [4.69, 9.17) is 0 Å². The monoisotopic (exact) mass is 762 g/mol. The molecule has 0 amide bonds. The minimum absolute atomic E-state index is 0.116. The highest BCUT2D eigenvalue weighted by molar-refractivity contribution is 7.89. The van der Waals surface area contributed by atoms with Crippen LogP contribution in [0.2, 0.25) is 0 Å². The standard InChI is InChI=1S/C40H34F8O4S/c1-23-9-11-27(19-37(23)51-39(43,44)45)33-7-3-5-31(33)25-13-15-29(35(41)17-25)21-53(49,50)22-30-16-14-26(18-36(30)42)32-6-4-8-34(32)28-12-10-24(2)38(20-28)52-40(46,47)48/h9-20H,3-8,21-22H2,1-2H3. The number of hydrogen-bond acceptors (Lipinski definition) is 4. The molecule has 0 saturated heterocycles. The lowest BCUT2D eigenvalue weighted by Crippen LogP contribution is -2.17. The van der Waals surface area contributed by atoms with Crippen molar-refractivity contribution in [2.24, 2.45) is 0 Å². The molecule has 0 radical (unpaired) electrons. The first-order chi connectivity index (χ1) is 24.9. The summed E-state index contributed by atoms with van der Waals surface area (Å²) in [6.45, 7) is 2.99. The van der Waals surface area contributed by atoms with Crippen LogP contribution in [0.4, 0.5) is 35.1 Å². The molecule has 0 unspecified atom stereocenters. The van der Waals surface area contributed by atoms with Gasteiger partial charge < -0.3 is 9.47 Å². The third kappa shape index (κ3) is 9.12. The predicted octanol–water partition coefficient (Wildman–Crippen LogP) is 11.7. The van der Waals surface area contributed by atoms with Gasteiger partial charge >= 0.3 is 12.7 Å². The van der Waals surface area contributed by atoms with Gasteiger partial charge in [0.15, 0.2) is 9.84 Å². The van der Waals surface area contributed by atoms with Crippen molar-refractivity contribution in [2.45, 2.75) is 76.6 Å². The molecular weight excluding hydrogens is 728 g/mol. The van der Waals surface area contributed by atoms with Crippen LogP contribution in [0.5, 0.6) is 11.5 Å². The predicted molar refractivity (Wildman–Crippen MR) is 186 cm³/mol. The van der Waals surface area contributed by atoms with E-state index in [0.717, 1.165) is 22.3 Å². The van der Waals surface area contributed by atoms with Crippen LogP contribution >= 0.6 is 0 Å². The highest BCUT2D eigenvalue weighted by Gasteiger charge is 2.33. The quantitative estimate of drug-likeness (QED) is 0.151. The van der Waals surface area contributed by atoms with Crippen LogP contribution in [-0.4, -0.2) is 21.1 Å². The molecule has 0 saturated carbocycles. The number of ether oxygens (including phenoxy) is 2. The third-order valence-corrected chi connectivity index (χ3v) is 11.0. The first-order valence-electron chi connectivity index (χ1n) is 16.8. The summed E-state index contributed by atoms with van der Waals surface area (Å²) in [5.41, 5.74) is 5.33. The molecule has 0 spiro atoms. The number of sulfone groups is 1. The summed E-state index contributed by atoms with van der Waals surface area (Å²) in [4.78, 5) is 0.